The molecule has 1 N–H and O–H groups in total. The lowest BCUT2D eigenvalue weighted by molar-refractivity contribution is -0.124. The van der Waals surface area contributed by atoms with E-state index in [0.717, 1.165) is 15.3 Å². The summed E-state index contributed by atoms with van der Waals surface area (Å²) in [7, 11) is 0. The van der Waals surface area contributed by atoms with Crippen LogP contribution in [0.2, 0.25) is 5.02 Å². The zero-order valence-electron chi connectivity index (χ0n) is 19.5. The summed E-state index contributed by atoms with van der Waals surface area (Å²) in [4.78, 5) is 43.4. The van der Waals surface area contributed by atoms with Crippen molar-refractivity contribution in [1.29, 1.82) is 0 Å². The van der Waals surface area contributed by atoms with Gasteiger partial charge in [-0.05, 0) is 79.7 Å². The SMILES string of the molecule is CCOc1ccc(NC(=O)CC2C(=O)N(c3cccc(Cl)c3)C(=O)N2CCc2sccc2C)cc1. The minimum atomic E-state index is -0.913. The minimum absolute atomic E-state index is 0.154. The summed E-state index contributed by atoms with van der Waals surface area (Å²) in [6.45, 7) is 4.79. The first-order chi connectivity index (χ1) is 16.9. The number of carbonyl (C=O) groups is 3. The normalized spacial score (nSPS) is 15.6. The summed E-state index contributed by atoms with van der Waals surface area (Å²) >= 11 is 7.72. The predicted octanol–water partition coefficient (Wildman–Crippen LogP) is 5.52. The number of benzene rings is 2. The highest BCUT2D eigenvalue weighted by atomic mass is 35.5. The largest absolute Gasteiger partial charge is 0.494 e. The van der Waals surface area contributed by atoms with Crippen LogP contribution in [-0.2, 0) is 16.0 Å². The van der Waals surface area contributed by atoms with Crippen molar-refractivity contribution in [2.75, 3.05) is 23.4 Å². The highest BCUT2D eigenvalue weighted by Crippen LogP contribution is 2.30. The zero-order valence-corrected chi connectivity index (χ0v) is 21.1. The number of amides is 4. The molecule has 0 radical (unpaired) electrons. The number of imide groups is 1. The molecule has 2 heterocycles. The molecule has 1 atom stereocenters. The summed E-state index contributed by atoms with van der Waals surface area (Å²) in [5, 5.41) is 5.23. The van der Waals surface area contributed by atoms with Crippen LogP contribution in [0, 0.1) is 6.92 Å². The van der Waals surface area contributed by atoms with Gasteiger partial charge in [0.1, 0.15) is 11.8 Å². The molecular weight excluding hydrogens is 486 g/mol. The molecule has 0 bridgehead atoms. The van der Waals surface area contributed by atoms with E-state index in [2.05, 4.69) is 5.32 Å². The minimum Gasteiger partial charge on any atom is -0.494 e. The molecule has 2 aromatic carbocycles. The van der Waals surface area contributed by atoms with Gasteiger partial charge in [-0.1, -0.05) is 17.7 Å². The van der Waals surface area contributed by atoms with Gasteiger partial charge in [0.05, 0.1) is 18.7 Å². The standard InChI is InChI=1S/C26H26ClN3O4S/c1-3-34-21-9-7-19(8-10-21)28-24(31)16-22-25(32)30(20-6-4-5-18(27)15-20)26(33)29(22)13-11-23-17(2)12-14-35-23/h4-10,12,14-15,22H,3,11,13,16H2,1-2H3,(H,28,31). The molecule has 9 heteroatoms. The van der Waals surface area contributed by atoms with Crippen LogP contribution >= 0.6 is 22.9 Å². The lowest BCUT2D eigenvalue weighted by atomic mass is 10.1. The maximum absolute atomic E-state index is 13.4. The Morgan fingerprint density at radius 3 is 2.57 bits per heavy atom. The van der Waals surface area contributed by atoms with E-state index in [9.17, 15) is 14.4 Å². The first kappa shape index (κ1) is 24.8. The molecule has 182 valence electrons. The van der Waals surface area contributed by atoms with Crippen molar-refractivity contribution < 1.29 is 19.1 Å². The highest BCUT2D eigenvalue weighted by Gasteiger charge is 2.46. The fourth-order valence-corrected chi connectivity index (χ4v) is 5.10. The number of aryl methyl sites for hydroxylation is 1. The fraction of sp³-hybridized carbons (Fsp3) is 0.269. The van der Waals surface area contributed by atoms with E-state index in [-0.39, 0.29) is 12.3 Å². The van der Waals surface area contributed by atoms with Gasteiger partial charge in [0.25, 0.3) is 5.91 Å². The van der Waals surface area contributed by atoms with Crippen molar-refractivity contribution in [3.63, 3.8) is 0 Å². The Hall–Kier alpha value is -3.36. The molecule has 4 rings (SSSR count). The molecule has 0 spiro atoms. The number of nitrogens with one attached hydrogen (secondary N) is 1. The molecule has 4 amide bonds. The van der Waals surface area contributed by atoms with Crippen molar-refractivity contribution in [2.45, 2.75) is 32.7 Å². The summed E-state index contributed by atoms with van der Waals surface area (Å²) in [6.07, 6.45) is 0.446. The summed E-state index contributed by atoms with van der Waals surface area (Å²) in [5.41, 5.74) is 2.12. The lowest BCUT2D eigenvalue weighted by Gasteiger charge is -2.21. The number of hydrogen-bond acceptors (Lipinski definition) is 5. The second-order valence-electron chi connectivity index (χ2n) is 8.13. The van der Waals surface area contributed by atoms with Gasteiger partial charge in [0.15, 0.2) is 0 Å². The first-order valence-corrected chi connectivity index (χ1v) is 12.6. The number of hydrogen-bond donors (Lipinski definition) is 1. The molecule has 1 aliphatic heterocycles. The van der Waals surface area contributed by atoms with Gasteiger partial charge in [-0.25, -0.2) is 9.69 Å². The van der Waals surface area contributed by atoms with Crippen LogP contribution in [0.1, 0.15) is 23.8 Å². The van der Waals surface area contributed by atoms with E-state index in [0.29, 0.717) is 41.7 Å². The van der Waals surface area contributed by atoms with Crippen LogP contribution in [0.15, 0.2) is 60.0 Å². The number of nitrogens with zero attached hydrogens (tertiary/aromatic N) is 2. The van der Waals surface area contributed by atoms with E-state index in [4.69, 9.17) is 16.3 Å². The third-order valence-corrected chi connectivity index (χ3v) is 7.08. The molecule has 1 fully saturated rings. The van der Waals surface area contributed by atoms with Crippen molar-refractivity contribution >= 4 is 52.2 Å². The Kier molecular flexibility index (Phi) is 7.73. The third-order valence-electron chi connectivity index (χ3n) is 5.76. The van der Waals surface area contributed by atoms with Crippen molar-refractivity contribution in [3.05, 3.63) is 75.4 Å². The predicted molar refractivity (Wildman–Crippen MR) is 138 cm³/mol. The maximum atomic E-state index is 13.4. The van der Waals surface area contributed by atoms with Crippen LogP contribution in [0.4, 0.5) is 16.2 Å². The van der Waals surface area contributed by atoms with Crippen molar-refractivity contribution in [3.8, 4) is 5.75 Å². The van der Waals surface area contributed by atoms with Crippen LogP contribution < -0.4 is 15.0 Å². The molecular formula is C26H26ClN3O4S. The smallest absolute Gasteiger partial charge is 0.332 e. The Morgan fingerprint density at radius 1 is 1.14 bits per heavy atom. The zero-order chi connectivity index (χ0) is 24.9. The number of thiophene rings is 1. The Labute approximate surface area is 213 Å². The van der Waals surface area contributed by atoms with Crippen LogP contribution in [-0.4, -0.2) is 41.9 Å². The van der Waals surface area contributed by atoms with Gasteiger partial charge in [-0.2, -0.15) is 0 Å². The van der Waals surface area contributed by atoms with Crippen LogP contribution in [0.3, 0.4) is 0 Å². The number of urea groups is 1. The van der Waals surface area contributed by atoms with E-state index < -0.39 is 18.0 Å². The molecule has 7 nitrogen and oxygen atoms in total. The van der Waals surface area contributed by atoms with Gasteiger partial charge in [-0.15, -0.1) is 11.3 Å². The molecule has 3 aromatic rings. The van der Waals surface area contributed by atoms with Crippen molar-refractivity contribution in [2.24, 2.45) is 0 Å². The van der Waals surface area contributed by atoms with E-state index in [1.54, 1.807) is 59.9 Å². The molecule has 35 heavy (non-hydrogen) atoms. The second kappa shape index (κ2) is 10.9. The molecule has 1 aromatic heterocycles. The van der Waals surface area contributed by atoms with Gasteiger partial charge >= 0.3 is 6.03 Å². The third kappa shape index (κ3) is 5.66. The maximum Gasteiger partial charge on any atom is 0.332 e. The molecule has 1 unspecified atom stereocenters. The van der Waals surface area contributed by atoms with Crippen LogP contribution in [0.5, 0.6) is 5.75 Å². The topological polar surface area (TPSA) is 79.0 Å². The Balaban J connectivity index is 1.53. The average Bonchev–Trinajstić information content (AvgIpc) is 3.33. The first-order valence-electron chi connectivity index (χ1n) is 11.3. The van der Waals surface area contributed by atoms with Crippen molar-refractivity contribution in [1.82, 2.24) is 4.90 Å². The summed E-state index contributed by atoms with van der Waals surface area (Å²) < 4.78 is 5.43. The molecule has 0 saturated carbocycles. The Morgan fingerprint density at radius 2 is 1.91 bits per heavy atom. The number of carbonyl (C=O) groups excluding carboxylic acids is 3. The van der Waals surface area contributed by atoms with Crippen LogP contribution in [0.25, 0.3) is 0 Å². The Bertz CT molecular complexity index is 1230. The lowest BCUT2D eigenvalue weighted by Crippen LogP contribution is -2.39. The molecule has 1 aliphatic rings. The molecule has 1 saturated heterocycles. The van der Waals surface area contributed by atoms with E-state index in [1.807, 2.05) is 25.3 Å². The average molecular weight is 512 g/mol. The van der Waals surface area contributed by atoms with Gasteiger partial charge in [0.2, 0.25) is 5.91 Å². The number of rotatable bonds is 9. The number of anilines is 2. The summed E-state index contributed by atoms with van der Waals surface area (Å²) in [5.74, 6) is -0.0955. The number of halogens is 1. The fourth-order valence-electron chi connectivity index (χ4n) is 4.01. The van der Waals surface area contributed by atoms with Gasteiger partial charge < -0.3 is 15.0 Å². The van der Waals surface area contributed by atoms with E-state index in [1.165, 1.54) is 4.90 Å². The van der Waals surface area contributed by atoms with Gasteiger partial charge in [0, 0.05) is 22.1 Å². The quantitative estimate of drug-likeness (QED) is 0.384. The monoisotopic (exact) mass is 511 g/mol. The summed E-state index contributed by atoms with van der Waals surface area (Å²) in [6, 6.07) is 14.2. The number of ether oxygens (including phenoxy) is 1. The molecule has 0 aliphatic carbocycles. The second-order valence-corrected chi connectivity index (χ2v) is 9.57. The highest BCUT2D eigenvalue weighted by molar-refractivity contribution is 7.10. The van der Waals surface area contributed by atoms with Gasteiger partial charge in [-0.3, -0.25) is 9.59 Å². The van der Waals surface area contributed by atoms with E-state index >= 15 is 0 Å².